The fourth-order valence-corrected chi connectivity index (χ4v) is 5.88. The number of benzene rings is 3. The molecule has 208 valence electrons. The van der Waals surface area contributed by atoms with E-state index in [9.17, 15) is 9.59 Å². The van der Waals surface area contributed by atoms with E-state index in [2.05, 4.69) is 42.1 Å². The van der Waals surface area contributed by atoms with Crippen LogP contribution >= 0.6 is 0 Å². The zero-order valence-electron chi connectivity index (χ0n) is 23.8. The van der Waals surface area contributed by atoms with Crippen LogP contribution in [0.25, 0.3) is 10.9 Å². The first-order chi connectivity index (χ1) is 19.4. The molecule has 0 saturated heterocycles. The Morgan fingerprint density at radius 3 is 2.45 bits per heavy atom. The van der Waals surface area contributed by atoms with Gasteiger partial charge in [0.2, 0.25) is 5.91 Å². The van der Waals surface area contributed by atoms with Gasteiger partial charge in [-0.15, -0.1) is 0 Å². The number of nitrogens with zero attached hydrogens (tertiary/aromatic N) is 2. The molecule has 3 atom stereocenters. The van der Waals surface area contributed by atoms with Gasteiger partial charge in [-0.3, -0.25) is 9.59 Å². The number of hydrogen-bond acceptors (Lipinski definition) is 4. The van der Waals surface area contributed by atoms with Crippen LogP contribution in [-0.2, 0) is 18.3 Å². The number of fused-ring (bicyclic) bond motifs is 2. The number of aryl methyl sites for hydroxylation is 1. The van der Waals surface area contributed by atoms with E-state index in [1.165, 1.54) is 0 Å². The van der Waals surface area contributed by atoms with Gasteiger partial charge < -0.3 is 24.3 Å². The molecule has 0 fully saturated rings. The highest BCUT2D eigenvalue weighted by molar-refractivity contribution is 6.03. The predicted octanol–water partition coefficient (Wildman–Crippen LogP) is 5.51. The highest BCUT2D eigenvalue weighted by Crippen LogP contribution is 2.44. The first-order valence-electron chi connectivity index (χ1n) is 13.8. The number of amides is 2. The zero-order chi connectivity index (χ0) is 28.4. The number of para-hydroxylation sites is 1. The van der Waals surface area contributed by atoms with Crippen LogP contribution in [0.5, 0.6) is 11.5 Å². The Labute approximate surface area is 235 Å². The minimum Gasteiger partial charge on any atom is -0.493 e. The van der Waals surface area contributed by atoms with Gasteiger partial charge >= 0.3 is 0 Å². The van der Waals surface area contributed by atoms with Gasteiger partial charge in [0.1, 0.15) is 6.04 Å². The van der Waals surface area contributed by atoms with E-state index in [0.717, 1.165) is 34.0 Å². The summed E-state index contributed by atoms with van der Waals surface area (Å²) in [6, 6.07) is 20.7. The molecule has 3 aromatic carbocycles. The van der Waals surface area contributed by atoms with Gasteiger partial charge in [-0.05, 0) is 47.7 Å². The van der Waals surface area contributed by atoms with Crippen molar-refractivity contribution in [1.82, 2.24) is 14.8 Å². The van der Waals surface area contributed by atoms with E-state index in [4.69, 9.17) is 9.47 Å². The highest BCUT2D eigenvalue weighted by Gasteiger charge is 2.46. The van der Waals surface area contributed by atoms with E-state index >= 15 is 0 Å². The standard InChI is InChI=1S/C33H37N3O4/c1-6-21(2)30(32(37)34-18-17-22-15-16-28(39-4)29(19-22)40-5)36-31(24-12-7-8-13-25(24)33(36)38)26-20-35(3)27-14-10-9-11-23(26)27/h7-16,19-21,30-31H,6,17-18H2,1-5H3,(H,34,37). The van der Waals surface area contributed by atoms with Gasteiger partial charge in [-0.1, -0.05) is 62.7 Å². The molecule has 1 aromatic heterocycles. The number of ether oxygens (including phenoxy) is 2. The van der Waals surface area contributed by atoms with Crippen molar-refractivity contribution in [3.63, 3.8) is 0 Å². The van der Waals surface area contributed by atoms with Crippen molar-refractivity contribution >= 4 is 22.7 Å². The van der Waals surface area contributed by atoms with Gasteiger partial charge in [-0.25, -0.2) is 0 Å². The van der Waals surface area contributed by atoms with Gasteiger partial charge in [0.15, 0.2) is 11.5 Å². The third-order valence-electron chi connectivity index (χ3n) is 8.13. The smallest absolute Gasteiger partial charge is 0.255 e. The van der Waals surface area contributed by atoms with Crippen molar-refractivity contribution in [2.75, 3.05) is 20.8 Å². The fraction of sp³-hybridized carbons (Fsp3) is 0.333. The maximum atomic E-state index is 14.0. The summed E-state index contributed by atoms with van der Waals surface area (Å²) in [6.45, 7) is 4.55. The Bertz CT molecular complexity index is 1540. The summed E-state index contributed by atoms with van der Waals surface area (Å²) in [6.07, 6.45) is 3.48. The lowest BCUT2D eigenvalue weighted by molar-refractivity contribution is -0.127. The summed E-state index contributed by atoms with van der Waals surface area (Å²) >= 11 is 0. The average molecular weight is 540 g/mol. The number of aromatic nitrogens is 1. The quantitative estimate of drug-likeness (QED) is 0.288. The molecule has 0 spiro atoms. The predicted molar refractivity (Wildman–Crippen MR) is 157 cm³/mol. The number of rotatable bonds is 10. The van der Waals surface area contributed by atoms with Crippen LogP contribution in [0.1, 0.15) is 53.4 Å². The van der Waals surface area contributed by atoms with E-state index in [-0.39, 0.29) is 23.8 Å². The number of carbonyl (C=O) groups excluding carboxylic acids is 2. The summed E-state index contributed by atoms with van der Waals surface area (Å²) in [7, 11) is 5.24. The Hall–Kier alpha value is -4.26. The fourth-order valence-electron chi connectivity index (χ4n) is 5.88. The zero-order valence-corrected chi connectivity index (χ0v) is 23.8. The van der Waals surface area contributed by atoms with Crippen LogP contribution in [0, 0.1) is 5.92 Å². The summed E-state index contributed by atoms with van der Waals surface area (Å²) in [5.41, 5.74) is 4.75. The maximum Gasteiger partial charge on any atom is 0.255 e. The van der Waals surface area contributed by atoms with E-state index in [0.29, 0.717) is 30.0 Å². The maximum absolute atomic E-state index is 14.0. The Morgan fingerprint density at radius 2 is 1.70 bits per heavy atom. The van der Waals surface area contributed by atoms with Crippen molar-refractivity contribution in [3.8, 4) is 11.5 Å². The summed E-state index contributed by atoms with van der Waals surface area (Å²) < 4.78 is 12.9. The van der Waals surface area contributed by atoms with Gasteiger partial charge in [0.25, 0.3) is 5.91 Å². The number of carbonyl (C=O) groups is 2. The van der Waals surface area contributed by atoms with Gasteiger partial charge in [0.05, 0.1) is 20.3 Å². The molecule has 7 heteroatoms. The van der Waals surface area contributed by atoms with E-state index < -0.39 is 6.04 Å². The molecule has 4 aromatic rings. The Balaban J connectivity index is 1.47. The summed E-state index contributed by atoms with van der Waals surface area (Å²) in [5.74, 6) is 1.03. The van der Waals surface area contributed by atoms with Crippen LogP contribution in [0.2, 0.25) is 0 Å². The SMILES string of the molecule is CCC(C)C(C(=O)NCCc1ccc(OC)c(OC)c1)N1C(=O)c2ccccc2C1c1cn(C)c2ccccc12. The number of methoxy groups -OCH3 is 2. The van der Waals surface area contributed by atoms with Crippen LogP contribution in [0.4, 0.5) is 0 Å². The third kappa shape index (κ3) is 4.81. The molecule has 0 saturated carbocycles. The van der Waals surface area contributed by atoms with Gasteiger partial charge in [0, 0.05) is 41.8 Å². The Kier molecular flexibility index (Phi) is 7.83. The summed E-state index contributed by atoms with van der Waals surface area (Å²) in [4.78, 5) is 29.8. The molecular formula is C33H37N3O4. The molecule has 5 rings (SSSR count). The first kappa shape index (κ1) is 27.3. The highest BCUT2D eigenvalue weighted by atomic mass is 16.5. The molecule has 40 heavy (non-hydrogen) atoms. The average Bonchev–Trinajstić information content (AvgIpc) is 3.46. The van der Waals surface area contributed by atoms with Gasteiger partial charge in [-0.2, -0.15) is 0 Å². The van der Waals surface area contributed by atoms with Crippen molar-refractivity contribution in [2.45, 2.75) is 38.8 Å². The normalized spacial score (nSPS) is 16.1. The molecule has 7 nitrogen and oxygen atoms in total. The second-order valence-corrected chi connectivity index (χ2v) is 10.5. The molecule has 1 N–H and O–H groups in total. The monoisotopic (exact) mass is 539 g/mol. The number of hydrogen-bond donors (Lipinski definition) is 1. The first-order valence-corrected chi connectivity index (χ1v) is 13.8. The molecule has 0 radical (unpaired) electrons. The number of nitrogens with one attached hydrogen (secondary N) is 1. The van der Waals surface area contributed by atoms with Crippen molar-refractivity contribution in [2.24, 2.45) is 13.0 Å². The lowest BCUT2D eigenvalue weighted by Gasteiger charge is -2.36. The van der Waals surface area contributed by atoms with Crippen LogP contribution in [0.15, 0.2) is 72.9 Å². The van der Waals surface area contributed by atoms with Crippen molar-refractivity contribution in [1.29, 1.82) is 0 Å². The lowest BCUT2D eigenvalue weighted by atomic mass is 9.92. The molecule has 0 bridgehead atoms. The molecule has 3 unspecified atom stereocenters. The minimum absolute atomic E-state index is 0.0446. The van der Waals surface area contributed by atoms with Crippen LogP contribution in [-0.4, -0.2) is 48.1 Å². The van der Waals surface area contributed by atoms with Crippen molar-refractivity contribution in [3.05, 3.63) is 95.2 Å². The minimum atomic E-state index is -0.626. The molecule has 2 heterocycles. The molecule has 2 amide bonds. The molecule has 1 aliphatic rings. The van der Waals surface area contributed by atoms with Crippen LogP contribution in [0.3, 0.4) is 0 Å². The lowest BCUT2D eigenvalue weighted by Crippen LogP contribution is -2.52. The second kappa shape index (κ2) is 11.5. The second-order valence-electron chi connectivity index (χ2n) is 10.5. The largest absolute Gasteiger partial charge is 0.493 e. The van der Waals surface area contributed by atoms with Crippen molar-refractivity contribution < 1.29 is 19.1 Å². The van der Waals surface area contributed by atoms with Crippen LogP contribution < -0.4 is 14.8 Å². The van der Waals surface area contributed by atoms with E-state index in [1.807, 2.05) is 66.5 Å². The Morgan fingerprint density at radius 1 is 0.975 bits per heavy atom. The topological polar surface area (TPSA) is 72.8 Å². The molecule has 1 aliphatic heterocycles. The van der Waals surface area contributed by atoms with E-state index in [1.54, 1.807) is 14.2 Å². The third-order valence-corrected chi connectivity index (χ3v) is 8.13. The molecular weight excluding hydrogens is 502 g/mol. The summed E-state index contributed by atoms with van der Waals surface area (Å²) in [5, 5.41) is 4.23. The molecule has 0 aliphatic carbocycles.